The van der Waals surface area contributed by atoms with E-state index in [1.165, 1.54) is 0 Å². The third-order valence-electron chi connectivity index (χ3n) is 4.02. The fourth-order valence-electron chi connectivity index (χ4n) is 2.81. The average Bonchev–Trinajstić information content (AvgIpc) is 3.03. The quantitative estimate of drug-likeness (QED) is 0.552. The highest BCUT2D eigenvalue weighted by Crippen LogP contribution is 2.27. The maximum Gasteiger partial charge on any atom is 0.259 e. The van der Waals surface area contributed by atoms with Gasteiger partial charge < -0.3 is 5.32 Å². The smallest absolute Gasteiger partial charge is 0.259 e. The van der Waals surface area contributed by atoms with E-state index >= 15 is 0 Å². The summed E-state index contributed by atoms with van der Waals surface area (Å²) in [6.45, 7) is 6.08. The first-order chi connectivity index (χ1) is 12.4. The molecule has 0 unspecified atom stereocenters. The Morgan fingerprint density at radius 3 is 2.65 bits per heavy atom. The van der Waals surface area contributed by atoms with E-state index in [9.17, 15) is 4.79 Å². The van der Waals surface area contributed by atoms with Crippen LogP contribution in [0.5, 0.6) is 0 Å². The minimum Gasteiger partial charge on any atom is -0.321 e. The molecular formula is C20H19BrClN3O. The minimum atomic E-state index is -0.188. The summed E-state index contributed by atoms with van der Waals surface area (Å²) in [5.74, 6) is -0.0785. The molecular weight excluding hydrogens is 414 g/mol. The van der Waals surface area contributed by atoms with Crippen molar-refractivity contribution in [2.75, 3.05) is 5.32 Å². The number of benzene rings is 2. The van der Waals surface area contributed by atoms with Gasteiger partial charge in [-0.2, -0.15) is 5.10 Å². The van der Waals surface area contributed by atoms with Crippen LogP contribution in [0.4, 0.5) is 5.69 Å². The Hall–Kier alpha value is -2.11. The van der Waals surface area contributed by atoms with Gasteiger partial charge in [0, 0.05) is 9.50 Å². The number of rotatable bonds is 4. The molecule has 1 N–H and O–H groups in total. The molecule has 26 heavy (non-hydrogen) atoms. The van der Waals surface area contributed by atoms with Gasteiger partial charge in [0.15, 0.2) is 0 Å². The number of carbonyl (C=O) groups is 1. The first kappa shape index (κ1) is 18.7. The van der Waals surface area contributed by atoms with Crippen LogP contribution in [0.2, 0.25) is 5.02 Å². The summed E-state index contributed by atoms with van der Waals surface area (Å²) < 4.78 is 2.62. The molecule has 0 aliphatic heterocycles. The van der Waals surface area contributed by atoms with Crippen LogP contribution in [0.25, 0.3) is 5.69 Å². The largest absolute Gasteiger partial charge is 0.321 e. The van der Waals surface area contributed by atoms with Crippen LogP contribution in [-0.2, 0) is 0 Å². The molecule has 3 aromatic rings. The van der Waals surface area contributed by atoms with Crippen molar-refractivity contribution in [2.24, 2.45) is 0 Å². The zero-order chi connectivity index (χ0) is 18.8. The Balaban J connectivity index is 1.98. The number of halogens is 2. The molecule has 4 nitrogen and oxygen atoms in total. The second kappa shape index (κ2) is 7.64. The highest BCUT2D eigenvalue weighted by Gasteiger charge is 2.21. The highest BCUT2D eigenvalue weighted by molar-refractivity contribution is 9.10. The van der Waals surface area contributed by atoms with Crippen LogP contribution in [0.3, 0.4) is 0 Å². The molecule has 1 heterocycles. The van der Waals surface area contributed by atoms with Crippen molar-refractivity contribution in [1.29, 1.82) is 0 Å². The summed E-state index contributed by atoms with van der Waals surface area (Å²) in [5, 5.41) is 8.02. The van der Waals surface area contributed by atoms with Crippen molar-refractivity contribution < 1.29 is 4.79 Å². The van der Waals surface area contributed by atoms with Crippen molar-refractivity contribution >= 4 is 39.1 Å². The van der Waals surface area contributed by atoms with Gasteiger partial charge in [-0.15, -0.1) is 0 Å². The zero-order valence-corrected chi connectivity index (χ0v) is 17.1. The maximum atomic E-state index is 12.9. The van der Waals surface area contributed by atoms with Crippen molar-refractivity contribution in [2.45, 2.75) is 26.7 Å². The molecule has 0 saturated heterocycles. The standard InChI is InChI=1S/C20H19BrClN3O/c1-12(2)19-16(11-23-25(19)15-6-4-5-14(22)10-15)20(26)24-18-8-7-13(3)9-17(18)21/h4-12H,1-3H3,(H,24,26). The van der Waals surface area contributed by atoms with Crippen molar-refractivity contribution in [3.8, 4) is 5.69 Å². The number of hydrogen-bond acceptors (Lipinski definition) is 2. The average molecular weight is 433 g/mol. The lowest BCUT2D eigenvalue weighted by molar-refractivity contribution is 0.102. The minimum absolute atomic E-state index is 0.110. The van der Waals surface area contributed by atoms with Gasteiger partial charge in [0.2, 0.25) is 0 Å². The molecule has 2 aromatic carbocycles. The normalized spacial score (nSPS) is 11.0. The van der Waals surface area contributed by atoms with Gasteiger partial charge in [-0.3, -0.25) is 4.79 Å². The third kappa shape index (κ3) is 3.84. The van der Waals surface area contributed by atoms with E-state index in [0.717, 1.165) is 27.1 Å². The van der Waals surface area contributed by atoms with Crippen LogP contribution < -0.4 is 5.32 Å². The molecule has 1 amide bonds. The van der Waals surface area contributed by atoms with E-state index in [0.29, 0.717) is 10.6 Å². The molecule has 1 aromatic heterocycles. The summed E-state index contributed by atoms with van der Waals surface area (Å²) in [4.78, 5) is 12.9. The number of aryl methyl sites for hydroxylation is 1. The first-order valence-corrected chi connectivity index (χ1v) is 9.45. The van der Waals surface area contributed by atoms with Crippen LogP contribution in [0, 0.1) is 6.92 Å². The first-order valence-electron chi connectivity index (χ1n) is 8.28. The fourth-order valence-corrected chi connectivity index (χ4v) is 3.59. The lowest BCUT2D eigenvalue weighted by Gasteiger charge is -2.14. The number of hydrogen-bond donors (Lipinski definition) is 1. The van der Waals surface area contributed by atoms with E-state index in [4.69, 9.17) is 11.6 Å². The Morgan fingerprint density at radius 2 is 2.00 bits per heavy atom. The molecule has 0 atom stereocenters. The third-order valence-corrected chi connectivity index (χ3v) is 4.91. The van der Waals surface area contributed by atoms with E-state index in [1.54, 1.807) is 10.9 Å². The molecule has 0 fully saturated rings. The molecule has 0 saturated carbocycles. The fraction of sp³-hybridized carbons (Fsp3) is 0.200. The Labute approximate surface area is 166 Å². The predicted octanol–water partition coefficient (Wildman–Crippen LogP) is 5.97. The van der Waals surface area contributed by atoms with E-state index in [1.807, 2.05) is 63.2 Å². The molecule has 6 heteroatoms. The van der Waals surface area contributed by atoms with Gasteiger partial charge in [-0.1, -0.05) is 37.6 Å². The summed E-state index contributed by atoms with van der Waals surface area (Å²) in [7, 11) is 0. The van der Waals surface area contributed by atoms with Crippen LogP contribution in [0.15, 0.2) is 53.1 Å². The SMILES string of the molecule is Cc1ccc(NC(=O)c2cnn(-c3cccc(Cl)c3)c2C(C)C)c(Br)c1. The van der Waals surface area contributed by atoms with Crippen LogP contribution >= 0.6 is 27.5 Å². The highest BCUT2D eigenvalue weighted by atomic mass is 79.9. The number of nitrogens with zero attached hydrogens (tertiary/aromatic N) is 2. The lowest BCUT2D eigenvalue weighted by atomic mass is 10.0. The van der Waals surface area contributed by atoms with Gasteiger partial charge in [-0.05, 0) is 64.7 Å². The van der Waals surface area contributed by atoms with Gasteiger partial charge in [0.05, 0.1) is 28.8 Å². The van der Waals surface area contributed by atoms with E-state index in [-0.39, 0.29) is 11.8 Å². The second-order valence-electron chi connectivity index (χ2n) is 6.43. The summed E-state index contributed by atoms with van der Waals surface area (Å²) in [6.07, 6.45) is 1.60. The summed E-state index contributed by atoms with van der Waals surface area (Å²) in [6, 6.07) is 13.2. The molecule has 0 bridgehead atoms. The molecule has 0 aliphatic carbocycles. The summed E-state index contributed by atoms with van der Waals surface area (Å²) >= 11 is 9.60. The van der Waals surface area contributed by atoms with E-state index < -0.39 is 0 Å². The molecule has 0 spiro atoms. The number of aromatic nitrogens is 2. The predicted molar refractivity (Wildman–Crippen MR) is 109 cm³/mol. The molecule has 0 aliphatic rings. The zero-order valence-electron chi connectivity index (χ0n) is 14.8. The topological polar surface area (TPSA) is 46.9 Å². The lowest BCUT2D eigenvalue weighted by Crippen LogP contribution is -2.15. The number of carbonyl (C=O) groups excluding carboxylic acids is 1. The van der Waals surface area contributed by atoms with Crippen LogP contribution in [-0.4, -0.2) is 15.7 Å². The Kier molecular flexibility index (Phi) is 5.49. The van der Waals surface area contributed by atoms with Gasteiger partial charge in [0.1, 0.15) is 0 Å². The van der Waals surface area contributed by atoms with Crippen molar-refractivity contribution in [3.63, 3.8) is 0 Å². The van der Waals surface area contributed by atoms with Gasteiger partial charge in [-0.25, -0.2) is 4.68 Å². The molecule has 3 rings (SSSR count). The van der Waals surface area contributed by atoms with E-state index in [2.05, 4.69) is 26.3 Å². The Morgan fingerprint density at radius 1 is 1.23 bits per heavy atom. The number of amides is 1. The summed E-state index contributed by atoms with van der Waals surface area (Å²) in [5.41, 5.74) is 4.06. The maximum absolute atomic E-state index is 12.9. The molecule has 134 valence electrons. The van der Waals surface area contributed by atoms with Crippen molar-refractivity contribution in [1.82, 2.24) is 9.78 Å². The number of nitrogens with one attached hydrogen (secondary N) is 1. The van der Waals surface area contributed by atoms with Gasteiger partial charge in [0.25, 0.3) is 5.91 Å². The Bertz CT molecular complexity index is 965. The second-order valence-corrected chi connectivity index (χ2v) is 7.72. The van der Waals surface area contributed by atoms with Crippen LogP contribution in [0.1, 0.15) is 41.4 Å². The number of anilines is 1. The van der Waals surface area contributed by atoms with Gasteiger partial charge >= 0.3 is 0 Å². The van der Waals surface area contributed by atoms with Crippen molar-refractivity contribution in [3.05, 3.63) is 75.0 Å². The monoisotopic (exact) mass is 431 g/mol. The molecule has 0 radical (unpaired) electrons.